The summed E-state index contributed by atoms with van der Waals surface area (Å²) in [5, 5.41) is 3.40. The number of amides is 2. The zero-order valence-corrected chi connectivity index (χ0v) is 23.2. The van der Waals surface area contributed by atoms with E-state index in [1.807, 2.05) is 57.2 Å². The normalized spacial score (nSPS) is 11.6. The summed E-state index contributed by atoms with van der Waals surface area (Å²) in [6.45, 7) is 8.69. The first-order valence-corrected chi connectivity index (χ1v) is 13.5. The fourth-order valence-corrected chi connectivity index (χ4v) is 4.63. The summed E-state index contributed by atoms with van der Waals surface area (Å²) in [5.74, 6) is 0.742. The first-order valence-electron chi connectivity index (χ1n) is 13.5. The third kappa shape index (κ3) is 5.98. The van der Waals surface area contributed by atoms with Crippen molar-refractivity contribution >= 4 is 28.6 Å². The van der Waals surface area contributed by atoms with E-state index >= 15 is 0 Å². The lowest BCUT2D eigenvalue weighted by Gasteiger charge is -2.31. The average Bonchev–Trinajstić information content (AvgIpc) is 2.97. The lowest BCUT2D eigenvalue weighted by molar-refractivity contribution is 0.0526. The van der Waals surface area contributed by atoms with Crippen molar-refractivity contribution in [2.24, 2.45) is 0 Å². The molecule has 9 nitrogen and oxygen atoms in total. The molecular formula is C31H34N4O5. The SMILES string of the molecule is CCOC(=O)c1ccc(NC(=O)N(CC)C(CC)c2nc3ccccc3c(=O)n2-c2ccc(OCC)cc2)cc1. The molecule has 0 aliphatic heterocycles. The van der Waals surface area contributed by atoms with Gasteiger partial charge in [0.1, 0.15) is 11.6 Å². The molecule has 1 aromatic heterocycles. The van der Waals surface area contributed by atoms with Crippen molar-refractivity contribution < 1.29 is 19.1 Å². The molecule has 0 bridgehead atoms. The van der Waals surface area contributed by atoms with Gasteiger partial charge in [-0.1, -0.05) is 19.1 Å². The molecule has 40 heavy (non-hydrogen) atoms. The van der Waals surface area contributed by atoms with Gasteiger partial charge in [-0.25, -0.2) is 14.6 Å². The summed E-state index contributed by atoms with van der Waals surface area (Å²) in [6.07, 6.45) is 0.519. The van der Waals surface area contributed by atoms with E-state index in [4.69, 9.17) is 14.5 Å². The van der Waals surface area contributed by atoms with Gasteiger partial charge >= 0.3 is 12.0 Å². The van der Waals surface area contributed by atoms with Gasteiger partial charge in [-0.2, -0.15) is 0 Å². The molecule has 0 radical (unpaired) electrons. The van der Waals surface area contributed by atoms with Gasteiger partial charge in [0.2, 0.25) is 0 Å². The topological polar surface area (TPSA) is 103 Å². The molecule has 0 aliphatic carbocycles. The minimum absolute atomic E-state index is 0.214. The van der Waals surface area contributed by atoms with Gasteiger partial charge < -0.3 is 19.7 Å². The Hall–Kier alpha value is -4.66. The molecule has 0 saturated carbocycles. The van der Waals surface area contributed by atoms with Crippen LogP contribution < -0.4 is 15.6 Å². The van der Waals surface area contributed by atoms with E-state index in [1.54, 1.807) is 52.8 Å². The molecule has 0 fully saturated rings. The number of fused-ring (bicyclic) bond motifs is 1. The highest BCUT2D eigenvalue weighted by Crippen LogP contribution is 2.27. The van der Waals surface area contributed by atoms with Gasteiger partial charge in [0.05, 0.1) is 41.4 Å². The van der Waals surface area contributed by atoms with Crippen LogP contribution in [0.4, 0.5) is 10.5 Å². The summed E-state index contributed by atoms with van der Waals surface area (Å²) < 4.78 is 12.2. The first-order chi connectivity index (χ1) is 19.4. The number of hydrogen-bond acceptors (Lipinski definition) is 6. The Bertz CT molecular complexity index is 1530. The van der Waals surface area contributed by atoms with Crippen LogP contribution in [0.5, 0.6) is 5.75 Å². The number of anilines is 1. The van der Waals surface area contributed by atoms with E-state index in [-0.39, 0.29) is 18.2 Å². The lowest BCUT2D eigenvalue weighted by atomic mass is 10.1. The maximum absolute atomic E-state index is 13.8. The second kappa shape index (κ2) is 12.9. The van der Waals surface area contributed by atoms with Crippen LogP contribution in [-0.4, -0.2) is 46.2 Å². The first kappa shape index (κ1) is 28.4. The molecule has 0 saturated heterocycles. The number of hydrogen-bond donors (Lipinski definition) is 1. The molecular weight excluding hydrogens is 508 g/mol. The molecule has 0 spiro atoms. The van der Waals surface area contributed by atoms with Crippen molar-refractivity contribution in [1.82, 2.24) is 14.5 Å². The van der Waals surface area contributed by atoms with Crippen LogP contribution >= 0.6 is 0 Å². The van der Waals surface area contributed by atoms with Crippen molar-refractivity contribution in [3.8, 4) is 11.4 Å². The predicted molar refractivity (Wildman–Crippen MR) is 155 cm³/mol. The summed E-state index contributed by atoms with van der Waals surface area (Å²) in [7, 11) is 0. The number of carbonyl (C=O) groups is 2. The van der Waals surface area contributed by atoms with E-state index in [1.165, 1.54) is 0 Å². The maximum atomic E-state index is 13.8. The molecule has 208 valence electrons. The lowest BCUT2D eigenvalue weighted by Crippen LogP contribution is -2.40. The zero-order valence-electron chi connectivity index (χ0n) is 23.2. The molecule has 0 aliphatic rings. The highest BCUT2D eigenvalue weighted by Gasteiger charge is 2.28. The van der Waals surface area contributed by atoms with Crippen LogP contribution in [0, 0.1) is 0 Å². The van der Waals surface area contributed by atoms with Gasteiger partial charge in [-0.3, -0.25) is 9.36 Å². The molecule has 1 heterocycles. The Morgan fingerprint density at radius 3 is 2.25 bits per heavy atom. The number of ether oxygens (including phenoxy) is 2. The number of carbonyl (C=O) groups excluding carboxylic acids is 2. The number of para-hydroxylation sites is 1. The van der Waals surface area contributed by atoms with Crippen LogP contribution in [0.3, 0.4) is 0 Å². The van der Waals surface area contributed by atoms with E-state index in [0.717, 1.165) is 0 Å². The Kier molecular flexibility index (Phi) is 9.16. The van der Waals surface area contributed by atoms with Crippen molar-refractivity contribution in [3.63, 3.8) is 0 Å². The van der Waals surface area contributed by atoms with E-state index < -0.39 is 12.0 Å². The minimum Gasteiger partial charge on any atom is -0.494 e. The summed E-state index contributed by atoms with van der Waals surface area (Å²) in [4.78, 5) is 45.9. The third-order valence-corrected chi connectivity index (χ3v) is 6.52. The molecule has 1 unspecified atom stereocenters. The quantitative estimate of drug-likeness (QED) is 0.248. The van der Waals surface area contributed by atoms with E-state index in [9.17, 15) is 14.4 Å². The van der Waals surface area contributed by atoms with Crippen LogP contribution in [0.25, 0.3) is 16.6 Å². The monoisotopic (exact) mass is 542 g/mol. The fraction of sp³-hybridized carbons (Fsp3) is 0.290. The molecule has 9 heteroatoms. The number of aromatic nitrogens is 2. The number of benzene rings is 3. The van der Waals surface area contributed by atoms with Gasteiger partial charge in [0.15, 0.2) is 0 Å². The Morgan fingerprint density at radius 2 is 1.62 bits per heavy atom. The van der Waals surface area contributed by atoms with Crippen LogP contribution in [0.15, 0.2) is 77.6 Å². The Balaban J connectivity index is 1.73. The van der Waals surface area contributed by atoms with Crippen molar-refractivity contribution in [3.05, 3.63) is 94.5 Å². The van der Waals surface area contributed by atoms with Gasteiger partial charge in [0.25, 0.3) is 5.56 Å². The van der Waals surface area contributed by atoms with Gasteiger partial charge in [-0.15, -0.1) is 0 Å². The average molecular weight is 543 g/mol. The number of urea groups is 1. The molecule has 1 atom stereocenters. The number of nitrogens with one attached hydrogen (secondary N) is 1. The van der Waals surface area contributed by atoms with E-state index in [0.29, 0.717) is 59.0 Å². The van der Waals surface area contributed by atoms with Crippen molar-refractivity contribution in [2.75, 3.05) is 25.1 Å². The summed E-state index contributed by atoms with van der Waals surface area (Å²) in [5.41, 5.74) is 1.91. The highest BCUT2D eigenvalue weighted by molar-refractivity contribution is 5.92. The van der Waals surface area contributed by atoms with Gasteiger partial charge in [0, 0.05) is 12.2 Å². The predicted octanol–water partition coefficient (Wildman–Crippen LogP) is 5.97. The number of esters is 1. The molecule has 4 rings (SSSR count). The number of nitrogens with zero attached hydrogens (tertiary/aromatic N) is 3. The summed E-state index contributed by atoms with van der Waals surface area (Å²) >= 11 is 0. The molecule has 4 aromatic rings. The van der Waals surface area contributed by atoms with Crippen LogP contribution in [0.1, 0.15) is 56.3 Å². The Labute approximate surface area is 233 Å². The molecule has 1 N–H and O–H groups in total. The molecule has 3 aromatic carbocycles. The minimum atomic E-state index is -0.507. The fourth-order valence-electron chi connectivity index (χ4n) is 4.63. The van der Waals surface area contributed by atoms with Crippen molar-refractivity contribution in [2.45, 2.75) is 40.2 Å². The second-order valence-corrected chi connectivity index (χ2v) is 8.99. The van der Waals surface area contributed by atoms with Crippen molar-refractivity contribution in [1.29, 1.82) is 0 Å². The smallest absolute Gasteiger partial charge is 0.338 e. The standard InChI is InChI=1S/C31H34N4O5/c1-5-27(34(6-2)31(38)32-22-15-13-21(14-16-22)30(37)40-8-4)28-33-26-12-10-9-11-25(26)29(36)35(28)23-17-19-24(20-18-23)39-7-3/h9-20,27H,5-8H2,1-4H3,(H,32,38). The number of rotatable bonds is 10. The third-order valence-electron chi connectivity index (χ3n) is 6.52. The van der Waals surface area contributed by atoms with E-state index in [2.05, 4.69) is 5.32 Å². The van der Waals surface area contributed by atoms with Gasteiger partial charge in [-0.05, 0) is 87.9 Å². The van der Waals surface area contributed by atoms with Crippen LogP contribution in [-0.2, 0) is 4.74 Å². The second-order valence-electron chi connectivity index (χ2n) is 8.99. The highest BCUT2D eigenvalue weighted by atomic mass is 16.5. The largest absolute Gasteiger partial charge is 0.494 e. The summed E-state index contributed by atoms with van der Waals surface area (Å²) in [6, 6.07) is 20.1. The maximum Gasteiger partial charge on any atom is 0.338 e. The van der Waals surface area contributed by atoms with Crippen LogP contribution in [0.2, 0.25) is 0 Å². The molecule has 2 amide bonds. The Morgan fingerprint density at radius 1 is 0.925 bits per heavy atom. The zero-order chi connectivity index (χ0) is 28.6.